The van der Waals surface area contributed by atoms with E-state index in [9.17, 15) is 0 Å². The van der Waals surface area contributed by atoms with E-state index in [2.05, 4.69) is 258 Å². The molecule has 0 atom stereocenters. The van der Waals surface area contributed by atoms with Crippen LogP contribution in [-0.2, 0) is 0 Å². The van der Waals surface area contributed by atoms with Gasteiger partial charge in [-0.2, -0.15) is 0 Å². The zero-order valence-electron chi connectivity index (χ0n) is 50.8. The van der Waals surface area contributed by atoms with Crippen LogP contribution >= 0.6 is 0 Å². The first kappa shape index (κ1) is 46.4. The van der Waals surface area contributed by atoms with E-state index >= 15 is 0 Å². The third-order valence-corrected chi connectivity index (χ3v) is 18.7. The predicted octanol–water partition coefficient (Wildman–Crippen LogP) is 21.6. The number of rotatable bonds is 3. The van der Waals surface area contributed by atoms with Crippen LogP contribution in [0.2, 0.25) is 0 Å². The lowest BCUT2D eigenvalue weighted by molar-refractivity contribution is 1.07. The Morgan fingerprint density at radius 1 is 0.281 bits per heavy atom. The molecule has 0 aliphatic heterocycles. The van der Waals surface area contributed by atoms with E-state index in [1.54, 1.807) is 12.4 Å². The molecule has 18 aromatic rings. The second kappa shape index (κ2) is 19.1. The van der Waals surface area contributed by atoms with Gasteiger partial charge in [0, 0.05) is 20.9 Å². The van der Waals surface area contributed by atoms with Crippen molar-refractivity contribution in [3.8, 4) is 73.0 Å². The maximum absolute atomic E-state index is 8.42. The predicted molar refractivity (Wildman–Crippen MR) is 372 cm³/mol. The minimum Gasteiger partial charge on any atom is -0.278 e. The fourth-order valence-corrected chi connectivity index (χ4v) is 14.8. The van der Waals surface area contributed by atoms with Crippen LogP contribution in [0.1, 0.15) is 9.68 Å². The van der Waals surface area contributed by atoms with Gasteiger partial charge in [-0.25, -0.2) is 19.9 Å². The zero-order chi connectivity index (χ0) is 60.9. The standard InChI is InChI=1S/C83H50N6/c1-49-19-18-36-79-80(49)86-83-88(77-34-16-17-35-78(77)89(79)83)52-39-42-69-68-41-38-51(43-70(68)60-27-9-4-24-57(60)58-25-5-10-28-61(58)72(69)45-52)82-85-48-84-81(87-82)50-37-40-67-59-26-8-13-31-64(59)75-46-73-62-29-11-6-22-55(62)53-20-2-3-21-54(53)56-23-7-12-30-63(56)74(73)47-76(75)66-33-15-14-32-65(66)71(67)44-50/h2-48H,1H3/i1D3. The van der Waals surface area contributed by atoms with Crippen LogP contribution in [0.3, 0.4) is 0 Å². The first-order valence-corrected chi connectivity index (χ1v) is 30.2. The molecule has 6 nitrogen and oxygen atoms in total. The van der Waals surface area contributed by atoms with Crippen molar-refractivity contribution in [3.05, 3.63) is 291 Å². The average Bonchev–Trinajstić information content (AvgIpc) is 1.14. The maximum atomic E-state index is 8.42. The summed E-state index contributed by atoms with van der Waals surface area (Å²) in [5.74, 6) is 1.78. The summed E-state index contributed by atoms with van der Waals surface area (Å²) >= 11 is 0. The molecule has 6 heteroatoms. The Bertz CT molecular complexity index is 6340. The molecule has 19 rings (SSSR count). The molecule has 3 heterocycles. The van der Waals surface area contributed by atoms with Crippen LogP contribution < -0.4 is 0 Å². The van der Waals surface area contributed by atoms with Crippen LogP contribution in [-0.4, -0.2) is 28.9 Å². The van der Waals surface area contributed by atoms with Gasteiger partial charge in [-0.1, -0.05) is 224 Å². The molecule has 412 valence electrons. The Hall–Kier alpha value is -11.9. The molecule has 0 saturated heterocycles. The molecule has 15 aromatic carbocycles. The fourth-order valence-electron chi connectivity index (χ4n) is 14.8. The summed E-state index contributed by atoms with van der Waals surface area (Å²) in [5, 5.41) is 18.9. The zero-order valence-corrected chi connectivity index (χ0v) is 47.8. The number of imidazole rings is 2. The summed E-state index contributed by atoms with van der Waals surface area (Å²) in [6.45, 7) is -2.33. The number of fused-ring (bicyclic) bond motifs is 29. The maximum Gasteiger partial charge on any atom is 0.220 e. The summed E-state index contributed by atoms with van der Waals surface area (Å²) in [4.78, 5) is 20.3. The van der Waals surface area contributed by atoms with Gasteiger partial charge in [-0.05, 0) is 198 Å². The molecule has 1 aliphatic rings. The SMILES string of the molecule is [2H]C([2H])([2H])c1cccc2c1nc1n(-c3ccc4c(c3)-c3ccccc3-c3ccccc3-c3cc(-c5ncnc(-c6ccc7c8ccccc8c8cc9c%10ccccc%10c%10ccccc%10c%10ccccc%10c9cc8c8ccccc8c7c6)n5)ccc3-4)c3ccccc3n21. The van der Waals surface area contributed by atoms with Crippen molar-refractivity contribution in [1.82, 2.24) is 28.9 Å². The first-order valence-electron chi connectivity index (χ1n) is 31.7. The lowest BCUT2D eigenvalue weighted by Gasteiger charge is -2.24. The van der Waals surface area contributed by atoms with E-state index in [1.807, 2.05) is 24.3 Å². The van der Waals surface area contributed by atoms with E-state index in [-0.39, 0.29) is 5.56 Å². The number of hydrogen-bond donors (Lipinski definition) is 0. The van der Waals surface area contributed by atoms with Crippen molar-refractivity contribution in [2.24, 2.45) is 0 Å². The smallest absolute Gasteiger partial charge is 0.220 e. The van der Waals surface area contributed by atoms with Gasteiger partial charge < -0.3 is 0 Å². The molecular weight excluding hydrogens is 1080 g/mol. The highest BCUT2D eigenvalue weighted by Gasteiger charge is 2.26. The van der Waals surface area contributed by atoms with Crippen molar-refractivity contribution in [1.29, 1.82) is 0 Å². The van der Waals surface area contributed by atoms with E-state index in [1.165, 1.54) is 59.2 Å². The Morgan fingerprint density at radius 2 is 0.663 bits per heavy atom. The number of aromatic nitrogens is 6. The summed E-state index contributed by atoms with van der Waals surface area (Å²) in [6.07, 6.45) is 1.64. The molecular formula is C83H50N6. The number of para-hydroxylation sites is 3. The highest BCUT2D eigenvalue weighted by atomic mass is 15.2. The summed E-state index contributed by atoms with van der Waals surface area (Å²) in [6, 6.07) is 100. The first-order chi connectivity index (χ1) is 45.3. The average molecular weight is 1130 g/mol. The molecule has 0 bridgehead atoms. The van der Waals surface area contributed by atoms with Crippen molar-refractivity contribution in [3.63, 3.8) is 0 Å². The molecule has 0 saturated carbocycles. The molecule has 1 aliphatic carbocycles. The third-order valence-electron chi connectivity index (χ3n) is 18.7. The van der Waals surface area contributed by atoms with Gasteiger partial charge in [0.05, 0.1) is 22.1 Å². The molecule has 0 fully saturated rings. The summed E-state index contributed by atoms with van der Waals surface area (Å²) < 4.78 is 29.5. The quantitative estimate of drug-likeness (QED) is 0.177. The van der Waals surface area contributed by atoms with E-state index < -0.39 is 6.85 Å². The van der Waals surface area contributed by atoms with Crippen molar-refractivity contribution in [2.75, 3.05) is 0 Å². The van der Waals surface area contributed by atoms with Crippen molar-refractivity contribution >= 4 is 114 Å². The number of benzene rings is 13. The summed E-state index contributed by atoms with van der Waals surface area (Å²) in [7, 11) is 0. The lowest BCUT2D eigenvalue weighted by Crippen LogP contribution is -2.01. The van der Waals surface area contributed by atoms with Gasteiger partial charge in [0.15, 0.2) is 11.6 Å². The lowest BCUT2D eigenvalue weighted by atomic mass is 9.80. The van der Waals surface area contributed by atoms with Crippen LogP contribution in [0.15, 0.2) is 285 Å². The minimum absolute atomic E-state index is 0.230. The monoisotopic (exact) mass is 1130 g/mol. The topological polar surface area (TPSA) is 60.9 Å². The van der Waals surface area contributed by atoms with E-state index in [0.717, 1.165) is 105 Å². The Kier molecular flexibility index (Phi) is 9.95. The molecule has 0 N–H and O–H groups in total. The van der Waals surface area contributed by atoms with Crippen molar-refractivity contribution < 1.29 is 4.11 Å². The van der Waals surface area contributed by atoms with E-state index in [4.69, 9.17) is 24.0 Å². The van der Waals surface area contributed by atoms with Gasteiger partial charge in [0.1, 0.15) is 6.33 Å². The molecule has 0 amide bonds. The Balaban J connectivity index is 0.790. The highest BCUT2D eigenvalue weighted by molar-refractivity contribution is 6.32. The Morgan fingerprint density at radius 3 is 1.18 bits per heavy atom. The number of aryl methyl sites for hydroxylation is 1. The van der Waals surface area contributed by atoms with Crippen LogP contribution in [0, 0.1) is 6.85 Å². The van der Waals surface area contributed by atoms with Crippen molar-refractivity contribution in [2.45, 2.75) is 6.85 Å². The van der Waals surface area contributed by atoms with Gasteiger partial charge in [-0.3, -0.25) is 8.97 Å². The molecule has 89 heavy (non-hydrogen) atoms. The Labute approximate surface area is 515 Å². The normalized spacial score (nSPS) is 12.7. The van der Waals surface area contributed by atoms with Gasteiger partial charge in [0.2, 0.25) is 5.78 Å². The third kappa shape index (κ3) is 7.32. The summed E-state index contributed by atoms with van der Waals surface area (Å²) in [5.41, 5.74) is 14.6. The van der Waals surface area contributed by atoms with Crippen LogP contribution in [0.25, 0.3) is 187 Å². The van der Waals surface area contributed by atoms with Crippen LogP contribution in [0.4, 0.5) is 0 Å². The van der Waals surface area contributed by atoms with Gasteiger partial charge >= 0.3 is 0 Å². The molecule has 3 aromatic heterocycles. The van der Waals surface area contributed by atoms with Crippen LogP contribution in [0.5, 0.6) is 0 Å². The van der Waals surface area contributed by atoms with Gasteiger partial charge in [-0.15, -0.1) is 0 Å². The second-order valence-electron chi connectivity index (χ2n) is 23.4. The van der Waals surface area contributed by atoms with Gasteiger partial charge in [0.25, 0.3) is 0 Å². The second-order valence-corrected chi connectivity index (χ2v) is 23.4. The largest absolute Gasteiger partial charge is 0.278 e. The fraction of sp³-hybridized carbons (Fsp3) is 0.0120. The number of nitrogens with zero attached hydrogens (tertiary/aromatic N) is 6. The molecule has 0 radical (unpaired) electrons. The highest BCUT2D eigenvalue weighted by Crippen LogP contribution is 2.50. The number of hydrogen-bond acceptors (Lipinski definition) is 4. The van der Waals surface area contributed by atoms with E-state index in [0.29, 0.717) is 22.9 Å². The molecule has 0 unspecified atom stereocenters. The minimum atomic E-state index is -2.33. The molecule has 0 spiro atoms.